The highest BCUT2D eigenvalue weighted by Crippen LogP contribution is 2.30. The number of carbonyl (C=O) groups excluding carboxylic acids is 3. The van der Waals surface area contributed by atoms with Crippen LogP contribution in [0.15, 0.2) is 18.2 Å². The van der Waals surface area contributed by atoms with Crippen molar-refractivity contribution in [1.82, 2.24) is 5.32 Å². The lowest BCUT2D eigenvalue weighted by atomic mass is 10.1. The summed E-state index contributed by atoms with van der Waals surface area (Å²) in [6, 6.07) is 4.67. The van der Waals surface area contributed by atoms with Gasteiger partial charge in [-0.2, -0.15) is 0 Å². The van der Waals surface area contributed by atoms with Crippen LogP contribution in [-0.2, 0) is 20.6 Å². The predicted molar refractivity (Wildman–Crippen MR) is 109 cm³/mol. The topological polar surface area (TPSA) is 109 Å². The maximum atomic E-state index is 12.1. The Kier molecular flexibility index (Phi) is 8.94. The van der Waals surface area contributed by atoms with Crippen LogP contribution in [0.2, 0.25) is 0 Å². The van der Waals surface area contributed by atoms with Crippen molar-refractivity contribution in [2.24, 2.45) is 0 Å². The Morgan fingerprint density at radius 2 is 1.40 bits per heavy atom. The summed E-state index contributed by atoms with van der Waals surface area (Å²) in [5.41, 5.74) is -0.784. The molecule has 0 aliphatic rings. The van der Waals surface area contributed by atoms with Crippen LogP contribution in [0.25, 0.3) is 0 Å². The summed E-state index contributed by atoms with van der Waals surface area (Å²) in [7, 11) is 0. The molecule has 0 saturated heterocycles. The van der Waals surface area contributed by atoms with Crippen molar-refractivity contribution >= 4 is 18.4 Å². The zero-order chi connectivity index (χ0) is 22.9. The molecule has 0 spiro atoms. The van der Waals surface area contributed by atoms with Crippen LogP contribution < -0.4 is 14.8 Å². The molecule has 9 heteroatoms. The molecule has 0 aromatic heterocycles. The maximum absolute atomic E-state index is 12.1. The molecule has 1 N–H and O–H groups in total. The Labute approximate surface area is 177 Å². The molecule has 1 aromatic carbocycles. The molecule has 0 saturated carbocycles. The second-order valence-electron chi connectivity index (χ2n) is 8.31. The molecular weight excluding hydrogens is 394 g/mol. The second-order valence-corrected chi connectivity index (χ2v) is 8.31. The van der Waals surface area contributed by atoms with E-state index < -0.39 is 29.6 Å². The molecule has 0 bridgehead atoms. The molecule has 1 rings (SSSR count). The van der Waals surface area contributed by atoms with Crippen LogP contribution in [0, 0.1) is 0 Å². The molecule has 0 heterocycles. The third-order valence-electron chi connectivity index (χ3n) is 3.13. The Morgan fingerprint density at radius 3 is 1.90 bits per heavy atom. The minimum atomic E-state index is -0.946. The number of amides is 1. The quantitative estimate of drug-likeness (QED) is 0.400. The summed E-state index contributed by atoms with van der Waals surface area (Å²) in [4.78, 5) is 35.5. The van der Waals surface area contributed by atoms with Gasteiger partial charge in [0, 0.05) is 6.54 Å². The number of nitrogens with one attached hydrogen (secondary N) is 1. The van der Waals surface area contributed by atoms with Crippen molar-refractivity contribution < 1.29 is 38.1 Å². The van der Waals surface area contributed by atoms with E-state index >= 15 is 0 Å². The van der Waals surface area contributed by atoms with E-state index in [-0.39, 0.29) is 18.1 Å². The van der Waals surface area contributed by atoms with Gasteiger partial charge in [-0.1, -0.05) is 6.07 Å². The van der Waals surface area contributed by atoms with Gasteiger partial charge in [-0.25, -0.2) is 14.4 Å². The first-order valence-corrected chi connectivity index (χ1v) is 9.64. The van der Waals surface area contributed by atoms with Gasteiger partial charge in [0.1, 0.15) is 11.2 Å². The Balaban J connectivity index is 2.95. The van der Waals surface area contributed by atoms with Gasteiger partial charge in [0.15, 0.2) is 11.5 Å². The van der Waals surface area contributed by atoms with Gasteiger partial charge in [-0.3, -0.25) is 0 Å². The molecule has 168 valence electrons. The minimum absolute atomic E-state index is 0.00258. The molecule has 1 amide bonds. The van der Waals surface area contributed by atoms with E-state index in [0.29, 0.717) is 13.0 Å². The zero-order valence-electron chi connectivity index (χ0n) is 18.6. The molecule has 0 unspecified atom stereocenters. The van der Waals surface area contributed by atoms with Crippen molar-refractivity contribution in [3.8, 4) is 11.5 Å². The van der Waals surface area contributed by atoms with Gasteiger partial charge >= 0.3 is 18.4 Å². The molecule has 1 aromatic rings. The van der Waals surface area contributed by atoms with Crippen LogP contribution in [0.4, 0.5) is 14.4 Å². The lowest BCUT2D eigenvalue weighted by Gasteiger charge is -2.21. The number of benzene rings is 1. The highest BCUT2D eigenvalue weighted by atomic mass is 16.8. The standard InChI is InChI=1S/C21H31NO8/c1-8-26-17(23)22-12-11-14-9-10-15(27-18(24)29-20(2,3)4)16(13-14)28-19(25)30-21(5,6)7/h9-10,13H,8,11-12H2,1-7H3,(H,22,23). The lowest BCUT2D eigenvalue weighted by Crippen LogP contribution is -2.27. The zero-order valence-corrected chi connectivity index (χ0v) is 18.6. The largest absolute Gasteiger partial charge is 0.514 e. The summed E-state index contributed by atoms with van der Waals surface area (Å²) in [6.07, 6.45) is -1.98. The van der Waals surface area contributed by atoms with E-state index in [9.17, 15) is 14.4 Å². The molecule has 0 aliphatic heterocycles. The van der Waals surface area contributed by atoms with Crippen LogP contribution in [0.5, 0.6) is 11.5 Å². The maximum Gasteiger partial charge on any atom is 0.514 e. The van der Waals surface area contributed by atoms with E-state index in [1.807, 2.05) is 0 Å². The highest BCUT2D eigenvalue weighted by molar-refractivity contribution is 5.70. The summed E-state index contributed by atoms with van der Waals surface area (Å²) in [5.74, 6) is -0.0130. The van der Waals surface area contributed by atoms with Crippen LogP contribution in [-0.4, -0.2) is 42.8 Å². The van der Waals surface area contributed by atoms with Gasteiger partial charge in [-0.15, -0.1) is 0 Å². The Morgan fingerprint density at radius 1 is 0.867 bits per heavy atom. The Bertz CT molecular complexity index is 746. The van der Waals surface area contributed by atoms with Crippen LogP contribution in [0.3, 0.4) is 0 Å². The monoisotopic (exact) mass is 425 g/mol. The molecule has 30 heavy (non-hydrogen) atoms. The number of rotatable bonds is 6. The first-order valence-electron chi connectivity index (χ1n) is 9.64. The van der Waals surface area contributed by atoms with Crippen molar-refractivity contribution in [3.05, 3.63) is 23.8 Å². The number of hydrogen-bond acceptors (Lipinski definition) is 8. The fourth-order valence-corrected chi connectivity index (χ4v) is 2.08. The molecule has 0 fully saturated rings. The van der Waals surface area contributed by atoms with Crippen LogP contribution >= 0.6 is 0 Å². The average Bonchev–Trinajstić information content (AvgIpc) is 2.53. The third-order valence-corrected chi connectivity index (χ3v) is 3.13. The first kappa shape index (κ1) is 25.1. The third kappa shape index (κ3) is 10.5. The van der Waals surface area contributed by atoms with Crippen molar-refractivity contribution in [2.75, 3.05) is 13.2 Å². The van der Waals surface area contributed by atoms with Gasteiger partial charge in [0.2, 0.25) is 0 Å². The number of carbonyl (C=O) groups is 3. The fraction of sp³-hybridized carbons (Fsp3) is 0.571. The molecular formula is C21H31NO8. The van der Waals surface area contributed by atoms with E-state index in [4.69, 9.17) is 23.7 Å². The fourth-order valence-electron chi connectivity index (χ4n) is 2.08. The van der Waals surface area contributed by atoms with Gasteiger partial charge in [0.25, 0.3) is 0 Å². The summed E-state index contributed by atoms with van der Waals surface area (Å²) in [6.45, 7) is 12.5. The van der Waals surface area contributed by atoms with Gasteiger partial charge in [-0.05, 0) is 72.6 Å². The summed E-state index contributed by atoms with van der Waals surface area (Å²) in [5, 5.41) is 2.60. The minimum Gasteiger partial charge on any atom is -0.450 e. The molecule has 9 nitrogen and oxygen atoms in total. The summed E-state index contributed by atoms with van der Waals surface area (Å²) >= 11 is 0. The average molecular weight is 425 g/mol. The van der Waals surface area contributed by atoms with E-state index in [1.165, 1.54) is 12.1 Å². The van der Waals surface area contributed by atoms with Crippen molar-refractivity contribution in [2.45, 2.75) is 66.1 Å². The number of ether oxygens (including phenoxy) is 5. The first-order chi connectivity index (χ1) is 13.8. The molecule has 0 atom stereocenters. The highest BCUT2D eigenvalue weighted by Gasteiger charge is 2.23. The second kappa shape index (κ2) is 10.7. The normalized spacial score (nSPS) is 11.3. The smallest absolute Gasteiger partial charge is 0.450 e. The molecule has 0 aliphatic carbocycles. The van der Waals surface area contributed by atoms with E-state index in [2.05, 4.69) is 5.32 Å². The van der Waals surface area contributed by atoms with Crippen LogP contribution in [0.1, 0.15) is 54.0 Å². The van der Waals surface area contributed by atoms with E-state index in [1.54, 1.807) is 54.5 Å². The number of alkyl carbamates (subject to hydrolysis) is 1. The van der Waals surface area contributed by atoms with E-state index in [0.717, 1.165) is 5.56 Å². The lowest BCUT2D eigenvalue weighted by molar-refractivity contribution is 0.0137. The predicted octanol–water partition coefficient (Wildman–Crippen LogP) is 4.60. The number of hydrogen-bond donors (Lipinski definition) is 1. The summed E-state index contributed by atoms with van der Waals surface area (Å²) < 4.78 is 25.5. The molecule has 0 radical (unpaired) electrons. The SMILES string of the molecule is CCOC(=O)NCCc1ccc(OC(=O)OC(C)(C)C)c(OC(=O)OC(C)(C)C)c1. The van der Waals surface area contributed by atoms with Crippen molar-refractivity contribution in [3.63, 3.8) is 0 Å². The Hall–Kier alpha value is -2.97. The van der Waals surface area contributed by atoms with Gasteiger partial charge in [0.05, 0.1) is 6.61 Å². The van der Waals surface area contributed by atoms with Crippen molar-refractivity contribution in [1.29, 1.82) is 0 Å². The van der Waals surface area contributed by atoms with Gasteiger partial charge < -0.3 is 29.0 Å².